The second-order valence-corrected chi connectivity index (χ2v) is 9.33. The summed E-state index contributed by atoms with van der Waals surface area (Å²) >= 11 is 1.55. The summed E-state index contributed by atoms with van der Waals surface area (Å²) in [6, 6.07) is 8.03. The van der Waals surface area contributed by atoms with Crippen LogP contribution >= 0.6 is 11.3 Å². The second kappa shape index (κ2) is 10.8. The molecule has 2 aromatic rings. The van der Waals surface area contributed by atoms with E-state index in [2.05, 4.69) is 24.1 Å². The number of likely N-dealkylation sites (tertiary alicyclic amines) is 1. The van der Waals surface area contributed by atoms with Gasteiger partial charge in [0.05, 0.1) is 18.7 Å². The summed E-state index contributed by atoms with van der Waals surface area (Å²) in [4.78, 5) is 31.7. The van der Waals surface area contributed by atoms with Crippen molar-refractivity contribution < 1.29 is 14.3 Å². The smallest absolute Gasteiger partial charge is 0.228 e. The first-order chi connectivity index (χ1) is 14.9. The highest BCUT2D eigenvalue weighted by molar-refractivity contribution is 7.13. The first kappa shape index (κ1) is 23.3. The number of nitrogens with one attached hydrogen (secondary N) is 1. The third-order valence-electron chi connectivity index (χ3n) is 5.88. The van der Waals surface area contributed by atoms with Gasteiger partial charge < -0.3 is 15.0 Å². The number of rotatable bonds is 8. The lowest BCUT2D eigenvalue weighted by Crippen LogP contribution is -2.46. The monoisotopic (exact) mass is 443 g/mol. The fourth-order valence-electron chi connectivity index (χ4n) is 3.55. The van der Waals surface area contributed by atoms with Crippen molar-refractivity contribution in [3.63, 3.8) is 0 Å². The molecule has 1 aliphatic heterocycles. The number of amides is 2. The first-order valence-corrected chi connectivity index (χ1v) is 12.0. The van der Waals surface area contributed by atoms with E-state index in [9.17, 15) is 9.59 Å². The van der Waals surface area contributed by atoms with Crippen molar-refractivity contribution in [2.45, 2.75) is 53.0 Å². The van der Waals surface area contributed by atoms with Gasteiger partial charge in [-0.2, -0.15) is 0 Å². The van der Waals surface area contributed by atoms with Gasteiger partial charge in [-0.3, -0.25) is 9.59 Å². The number of hydrogen-bond acceptors (Lipinski definition) is 5. The van der Waals surface area contributed by atoms with Gasteiger partial charge in [0.15, 0.2) is 0 Å². The van der Waals surface area contributed by atoms with E-state index < -0.39 is 0 Å². The maximum Gasteiger partial charge on any atom is 0.228 e. The van der Waals surface area contributed by atoms with Gasteiger partial charge in [0.2, 0.25) is 11.8 Å². The Morgan fingerprint density at radius 2 is 1.87 bits per heavy atom. The number of thiazole rings is 1. The Kier molecular flexibility index (Phi) is 8.07. The molecule has 168 valence electrons. The number of nitrogens with zero attached hydrogens (tertiary/aromatic N) is 2. The summed E-state index contributed by atoms with van der Waals surface area (Å²) in [5.74, 6) is 1.45. The van der Waals surface area contributed by atoms with Crippen LogP contribution in [0.4, 0.5) is 0 Å². The SMILES string of the molecule is CCOc1ccc(-c2nc(CC(=O)N3CCC(C(=O)NC(C)C(C)C)CC3)cs2)cc1. The average Bonchev–Trinajstić information content (AvgIpc) is 3.23. The molecular weight excluding hydrogens is 410 g/mol. The molecule has 1 aliphatic rings. The van der Waals surface area contributed by atoms with Crippen LogP contribution in [0.15, 0.2) is 29.6 Å². The summed E-state index contributed by atoms with van der Waals surface area (Å²) in [6.45, 7) is 10.1. The van der Waals surface area contributed by atoms with Crippen molar-refractivity contribution in [2.75, 3.05) is 19.7 Å². The lowest BCUT2D eigenvalue weighted by atomic mass is 9.94. The van der Waals surface area contributed by atoms with Crippen molar-refractivity contribution in [3.05, 3.63) is 35.3 Å². The van der Waals surface area contributed by atoms with Crippen LogP contribution in [0.3, 0.4) is 0 Å². The molecular formula is C24H33N3O3S. The van der Waals surface area contributed by atoms with E-state index in [0.717, 1.165) is 34.9 Å². The molecule has 1 saturated heterocycles. The van der Waals surface area contributed by atoms with Crippen LogP contribution in [0.5, 0.6) is 5.75 Å². The minimum atomic E-state index is -0.00390. The van der Waals surface area contributed by atoms with E-state index in [-0.39, 0.29) is 23.8 Å². The molecule has 0 radical (unpaired) electrons. The van der Waals surface area contributed by atoms with Crippen LogP contribution < -0.4 is 10.1 Å². The van der Waals surface area contributed by atoms with Gasteiger partial charge in [-0.25, -0.2) is 4.98 Å². The van der Waals surface area contributed by atoms with Crippen molar-refractivity contribution >= 4 is 23.2 Å². The van der Waals surface area contributed by atoms with Gasteiger partial charge >= 0.3 is 0 Å². The molecule has 0 aliphatic carbocycles. The van der Waals surface area contributed by atoms with Gasteiger partial charge in [-0.1, -0.05) is 13.8 Å². The molecule has 0 spiro atoms. The summed E-state index contributed by atoms with van der Waals surface area (Å²) in [7, 11) is 0. The fraction of sp³-hybridized carbons (Fsp3) is 0.542. The van der Waals surface area contributed by atoms with E-state index >= 15 is 0 Å². The zero-order chi connectivity index (χ0) is 22.4. The largest absolute Gasteiger partial charge is 0.494 e. The Balaban J connectivity index is 1.50. The summed E-state index contributed by atoms with van der Waals surface area (Å²) in [5, 5.41) is 5.96. The Labute approximate surface area is 189 Å². The lowest BCUT2D eigenvalue weighted by Gasteiger charge is -2.32. The number of piperidine rings is 1. The number of ether oxygens (including phenoxy) is 1. The van der Waals surface area contributed by atoms with E-state index in [1.54, 1.807) is 11.3 Å². The molecule has 1 N–H and O–H groups in total. The molecule has 31 heavy (non-hydrogen) atoms. The number of hydrogen-bond donors (Lipinski definition) is 1. The van der Waals surface area contributed by atoms with Crippen LogP contribution in [-0.4, -0.2) is 47.4 Å². The Morgan fingerprint density at radius 1 is 1.19 bits per heavy atom. The highest BCUT2D eigenvalue weighted by Gasteiger charge is 2.28. The van der Waals surface area contributed by atoms with E-state index in [0.29, 0.717) is 32.0 Å². The summed E-state index contributed by atoms with van der Waals surface area (Å²) < 4.78 is 5.48. The molecule has 6 nitrogen and oxygen atoms in total. The third-order valence-corrected chi connectivity index (χ3v) is 6.82. The van der Waals surface area contributed by atoms with E-state index in [4.69, 9.17) is 4.74 Å². The molecule has 1 fully saturated rings. The van der Waals surface area contributed by atoms with Gasteiger partial charge in [0.25, 0.3) is 0 Å². The molecule has 2 heterocycles. The molecule has 1 aromatic heterocycles. The van der Waals surface area contributed by atoms with Crippen molar-refractivity contribution in [3.8, 4) is 16.3 Å². The summed E-state index contributed by atoms with van der Waals surface area (Å²) in [6.07, 6.45) is 1.74. The van der Waals surface area contributed by atoms with Gasteiger partial charge in [0.1, 0.15) is 10.8 Å². The predicted molar refractivity (Wildman–Crippen MR) is 124 cm³/mol. The Morgan fingerprint density at radius 3 is 2.48 bits per heavy atom. The van der Waals surface area contributed by atoms with Gasteiger partial charge in [-0.15, -0.1) is 11.3 Å². The maximum atomic E-state index is 12.7. The first-order valence-electron chi connectivity index (χ1n) is 11.1. The summed E-state index contributed by atoms with van der Waals surface area (Å²) in [5.41, 5.74) is 1.82. The molecule has 1 atom stereocenters. The van der Waals surface area contributed by atoms with E-state index in [1.165, 1.54) is 0 Å². The lowest BCUT2D eigenvalue weighted by molar-refractivity contribution is -0.135. The molecule has 7 heteroatoms. The van der Waals surface area contributed by atoms with Crippen molar-refractivity contribution in [1.82, 2.24) is 15.2 Å². The molecule has 3 rings (SSSR count). The van der Waals surface area contributed by atoms with E-state index in [1.807, 2.05) is 48.4 Å². The van der Waals surface area contributed by atoms with Gasteiger partial charge in [-0.05, 0) is 56.9 Å². The number of aromatic nitrogens is 1. The zero-order valence-corrected chi connectivity index (χ0v) is 19.7. The van der Waals surface area contributed by atoms with Gasteiger partial charge in [0, 0.05) is 36.0 Å². The maximum absolute atomic E-state index is 12.7. The molecule has 1 unspecified atom stereocenters. The predicted octanol–water partition coefficient (Wildman–Crippen LogP) is 4.15. The number of carbonyl (C=O) groups excluding carboxylic acids is 2. The molecule has 2 amide bonds. The minimum Gasteiger partial charge on any atom is -0.494 e. The quantitative estimate of drug-likeness (QED) is 0.665. The average molecular weight is 444 g/mol. The number of benzene rings is 1. The van der Waals surface area contributed by atoms with Crippen LogP contribution in [-0.2, 0) is 16.0 Å². The fourth-order valence-corrected chi connectivity index (χ4v) is 4.37. The Hall–Kier alpha value is -2.41. The highest BCUT2D eigenvalue weighted by atomic mass is 32.1. The zero-order valence-electron chi connectivity index (χ0n) is 18.9. The minimum absolute atomic E-state index is 0.00390. The Bertz CT molecular complexity index is 870. The van der Waals surface area contributed by atoms with Crippen molar-refractivity contribution in [1.29, 1.82) is 0 Å². The normalized spacial score (nSPS) is 15.7. The molecule has 0 saturated carbocycles. The highest BCUT2D eigenvalue weighted by Crippen LogP contribution is 2.26. The van der Waals surface area contributed by atoms with Crippen LogP contribution in [0.1, 0.15) is 46.2 Å². The second-order valence-electron chi connectivity index (χ2n) is 8.47. The molecule has 1 aromatic carbocycles. The van der Waals surface area contributed by atoms with Crippen LogP contribution in [0, 0.1) is 11.8 Å². The van der Waals surface area contributed by atoms with Crippen LogP contribution in [0.25, 0.3) is 10.6 Å². The standard InChI is InChI=1S/C24H33N3O3S/c1-5-30-21-8-6-19(7-9-21)24-26-20(15-31-24)14-22(28)27-12-10-18(11-13-27)23(29)25-17(4)16(2)3/h6-9,15-18H,5,10-14H2,1-4H3,(H,25,29). The topological polar surface area (TPSA) is 71.5 Å². The molecule has 0 bridgehead atoms. The van der Waals surface area contributed by atoms with Crippen LogP contribution in [0.2, 0.25) is 0 Å². The third kappa shape index (κ3) is 6.29. The number of carbonyl (C=O) groups is 2. The van der Waals surface area contributed by atoms with Crippen molar-refractivity contribution in [2.24, 2.45) is 11.8 Å².